The normalized spacial score (nSPS) is 25.9. The predicted molar refractivity (Wildman–Crippen MR) is 89.9 cm³/mol. The molecule has 1 aromatic heterocycles. The van der Waals surface area contributed by atoms with Crippen LogP contribution in [0.5, 0.6) is 0 Å². The molecule has 6 nitrogen and oxygen atoms in total. The lowest BCUT2D eigenvalue weighted by Crippen LogP contribution is -2.36. The summed E-state index contributed by atoms with van der Waals surface area (Å²) >= 11 is 1.72. The van der Waals surface area contributed by atoms with Crippen molar-refractivity contribution in [2.24, 2.45) is 11.8 Å². The summed E-state index contributed by atoms with van der Waals surface area (Å²) in [4.78, 5) is 21.7. The van der Waals surface area contributed by atoms with E-state index in [1.54, 1.807) is 11.3 Å². The summed E-state index contributed by atoms with van der Waals surface area (Å²) in [5.41, 5.74) is 0. The number of carbonyl (C=O) groups is 1. The molecule has 128 valence electrons. The molecule has 23 heavy (non-hydrogen) atoms. The molecule has 7 heteroatoms. The van der Waals surface area contributed by atoms with Crippen molar-refractivity contribution < 1.29 is 14.6 Å². The first-order valence-corrected chi connectivity index (χ1v) is 9.21. The number of hydrogen-bond acceptors (Lipinski definition) is 6. The van der Waals surface area contributed by atoms with Crippen LogP contribution >= 0.6 is 11.3 Å². The van der Waals surface area contributed by atoms with E-state index in [1.807, 2.05) is 6.20 Å². The first-order valence-electron chi connectivity index (χ1n) is 8.40. The van der Waals surface area contributed by atoms with E-state index < -0.39 is 5.97 Å². The molecule has 2 unspecified atom stereocenters. The Hall–Kier alpha value is -1.18. The first kappa shape index (κ1) is 16.7. The number of carboxylic acid groups (broad SMARTS) is 1. The number of carboxylic acids is 1. The molecule has 3 rings (SSSR count). The molecule has 2 aliphatic heterocycles. The van der Waals surface area contributed by atoms with Crippen LogP contribution in [0.15, 0.2) is 6.20 Å². The summed E-state index contributed by atoms with van der Waals surface area (Å²) in [7, 11) is 0. The number of rotatable bonds is 6. The topological polar surface area (TPSA) is 65.9 Å². The third kappa shape index (κ3) is 4.02. The average molecular weight is 339 g/mol. The number of nitrogens with zero attached hydrogens (tertiary/aromatic N) is 3. The van der Waals surface area contributed by atoms with Crippen LogP contribution in [-0.4, -0.2) is 60.4 Å². The molecule has 2 saturated heterocycles. The summed E-state index contributed by atoms with van der Waals surface area (Å²) in [6.45, 7) is 7.80. The van der Waals surface area contributed by atoms with Gasteiger partial charge in [0.25, 0.3) is 0 Å². The van der Waals surface area contributed by atoms with E-state index in [1.165, 1.54) is 4.88 Å². The molecular weight excluding hydrogens is 314 g/mol. The highest BCUT2D eigenvalue weighted by molar-refractivity contribution is 7.15. The molecule has 0 aromatic carbocycles. The highest BCUT2D eigenvalue weighted by atomic mass is 32.1. The van der Waals surface area contributed by atoms with Gasteiger partial charge in [0.2, 0.25) is 0 Å². The minimum Gasteiger partial charge on any atom is -0.481 e. The molecule has 2 atom stereocenters. The lowest BCUT2D eigenvalue weighted by atomic mass is 9.92. The quantitative estimate of drug-likeness (QED) is 0.854. The molecule has 0 saturated carbocycles. The van der Waals surface area contributed by atoms with Crippen molar-refractivity contribution in [3.63, 3.8) is 0 Å². The zero-order valence-corrected chi connectivity index (χ0v) is 14.4. The van der Waals surface area contributed by atoms with E-state index in [0.29, 0.717) is 6.54 Å². The van der Waals surface area contributed by atoms with Gasteiger partial charge in [-0.1, -0.05) is 13.3 Å². The molecule has 0 radical (unpaired) electrons. The Balaban J connectivity index is 1.59. The van der Waals surface area contributed by atoms with Crippen LogP contribution in [0, 0.1) is 11.8 Å². The third-order valence-corrected chi connectivity index (χ3v) is 5.74. The standard InChI is InChI=1S/C16H25N3O3S/c1-2-3-12-9-18(11-14(12)15(20)21)10-13-8-17-16(23-13)19-4-6-22-7-5-19/h8,12,14H,2-7,9-11H2,1H3,(H,20,21). The second-order valence-corrected chi connectivity index (χ2v) is 7.49. The number of aromatic nitrogens is 1. The zero-order valence-electron chi connectivity index (χ0n) is 13.6. The molecule has 2 fully saturated rings. The van der Waals surface area contributed by atoms with E-state index >= 15 is 0 Å². The maximum atomic E-state index is 11.4. The lowest BCUT2D eigenvalue weighted by molar-refractivity contribution is -0.142. The van der Waals surface area contributed by atoms with Crippen LogP contribution in [0.25, 0.3) is 0 Å². The molecule has 2 aliphatic rings. The van der Waals surface area contributed by atoms with Gasteiger partial charge >= 0.3 is 5.97 Å². The Morgan fingerprint density at radius 2 is 2.22 bits per heavy atom. The monoisotopic (exact) mass is 339 g/mol. The van der Waals surface area contributed by atoms with Gasteiger partial charge in [0.1, 0.15) is 0 Å². The van der Waals surface area contributed by atoms with Gasteiger partial charge in [0.15, 0.2) is 5.13 Å². The Morgan fingerprint density at radius 3 is 2.91 bits per heavy atom. The zero-order chi connectivity index (χ0) is 16.2. The summed E-state index contributed by atoms with van der Waals surface area (Å²) in [6, 6.07) is 0. The Bertz CT molecular complexity index is 530. The summed E-state index contributed by atoms with van der Waals surface area (Å²) in [6.07, 6.45) is 3.98. The van der Waals surface area contributed by atoms with E-state index in [4.69, 9.17) is 4.74 Å². The highest BCUT2D eigenvalue weighted by Crippen LogP contribution is 2.31. The van der Waals surface area contributed by atoms with Crippen LogP contribution in [-0.2, 0) is 16.1 Å². The average Bonchev–Trinajstić information content (AvgIpc) is 3.16. The second-order valence-electron chi connectivity index (χ2n) is 6.40. The summed E-state index contributed by atoms with van der Waals surface area (Å²) in [5.74, 6) is -0.588. The van der Waals surface area contributed by atoms with Crippen molar-refractivity contribution in [1.29, 1.82) is 0 Å². The molecule has 1 N–H and O–H groups in total. The molecule has 0 bridgehead atoms. The fourth-order valence-electron chi connectivity index (χ4n) is 3.52. The van der Waals surface area contributed by atoms with Crippen molar-refractivity contribution >= 4 is 22.4 Å². The number of likely N-dealkylation sites (tertiary alicyclic amines) is 1. The number of thiazole rings is 1. The molecule has 0 spiro atoms. The Morgan fingerprint density at radius 1 is 1.43 bits per heavy atom. The van der Waals surface area contributed by atoms with E-state index in [2.05, 4.69) is 21.7 Å². The van der Waals surface area contributed by atoms with Gasteiger partial charge in [-0.15, -0.1) is 11.3 Å². The maximum Gasteiger partial charge on any atom is 0.308 e. The van der Waals surface area contributed by atoms with E-state index in [9.17, 15) is 9.90 Å². The SMILES string of the molecule is CCCC1CN(Cc2cnc(N3CCOCC3)s2)CC1C(=O)O. The lowest BCUT2D eigenvalue weighted by Gasteiger charge is -2.26. The minimum atomic E-state index is -0.649. The molecule has 0 aliphatic carbocycles. The number of aliphatic carboxylic acids is 1. The van der Waals surface area contributed by atoms with Crippen molar-refractivity contribution in [3.05, 3.63) is 11.1 Å². The molecular formula is C16H25N3O3S. The van der Waals surface area contributed by atoms with Crippen LogP contribution in [0.4, 0.5) is 5.13 Å². The van der Waals surface area contributed by atoms with Gasteiger partial charge in [0.05, 0.1) is 19.1 Å². The fraction of sp³-hybridized carbons (Fsp3) is 0.750. The number of ether oxygens (including phenoxy) is 1. The van der Waals surface area contributed by atoms with Gasteiger partial charge in [0, 0.05) is 43.8 Å². The number of morpholine rings is 1. The van der Waals surface area contributed by atoms with Gasteiger partial charge in [-0.2, -0.15) is 0 Å². The van der Waals surface area contributed by atoms with Crippen molar-refractivity contribution in [2.75, 3.05) is 44.3 Å². The highest BCUT2D eigenvalue weighted by Gasteiger charge is 2.36. The van der Waals surface area contributed by atoms with Crippen LogP contribution < -0.4 is 4.90 Å². The maximum absolute atomic E-state index is 11.4. The van der Waals surface area contributed by atoms with Gasteiger partial charge in [-0.05, 0) is 12.3 Å². The minimum absolute atomic E-state index is 0.221. The van der Waals surface area contributed by atoms with Gasteiger partial charge < -0.3 is 14.7 Å². The van der Waals surface area contributed by atoms with Gasteiger partial charge in [-0.3, -0.25) is 9.69 Å². The Kier molecular flexibility index (Phi) is 5.50. The fourth-order valence-corrected chi connectivity index (χ4v) is 4.53. The summed E-state index contributed by atoms with van der Waals surface area (Å²) < 4.78 is 5.38. The van der Waals surface area contributed by atoms with Crippen molar-refractivity contribution in [3.8, 4) is 0 Å². The third-order valence-electron chi connectivity index (χ3n) is 4.70. The smallest absolute Gasteiger partial charge is 0.308 e. The number of anilines is 1. The first-order chi connectivity index (χ1) is 11.2. The molecule has 3 heterocycles. The second kappa shape index (κ2) is 7.59. The van der Waals surface area contributed by atoms with Crippen molar-refractivity contribution in [2.45, 2.75) is 26.3 Å². The summed E-state index contributed by atoms with van der Waals surface area (Å²) in [5, 5.41) is 10.5. The van der Waals surface area contributed by atoms with Crippen LogP contribution in [0.1, 0.15) is 24.6 Å². The predicted octanol–water partition coefficient (Wildman–Crippen LogP) is 1.91. The molecule has 0 amide bonds. The van der Waals surface area contributed by atoms with Crippen LogP contribution in [0.2, 0.25) is 0 Å². The Labute approximate surface area is 141 Å². The van der Waals surface area contributed by atoms with Crippen molar-refractivity contribution in [1.82, 2.24) is 9.88 Å². The van der Waals surface area contributed by atoms with Gasteiger partial charge in [-0.25, -0.2) is 4.98 Å². The number of hydrogen-bond donors (Lipinski definition) is 1. The van der Waals surface area contributed by atoms with E-state index in [-0.39, 0.29) is 11.8 Å². The molecule has 1 aromatic rings. The van der Waals surface area contributed by atoms with E-state index in [0.717, 1.165) is 57.4 Å². The van der Waals surface area contributed by atoms with Crippen LogP contribution in [0.3, 0.4) is 0 Å². The largest absolute Gasteiger partial charge is 0.481 e.